The van der Waals surface area contributed by atoms with Crippen LogP contribution in [-0.2, 0) is 4.79 Å². The van der Waals surface area contributed by atoms with E-state index >= 15 is 0 Å². The average molecular weight is 275 g/mol. The summed E-state index contributed by atoms with van der Waals surface area (Å²) in [4.78, 5) is 10.6. The molecule has 7 nitrogen and oxygen atoms in total. The lowest BCUT2D eigenvalue weighted by Crippen LogP contribution is -2.17. The van der Waals surface area contributed by atoms with Gasteiger partial charge in [0.2, 0.25) is 0 Å². The minimum absolute atomic E-state index is 0.0777. The number of carboxylic acids is 1. The molecule has 2 aromatic rings. The first-order chi connectivity index (χ1) is 9.56. The Morgan fingerprint density at radius 2 is 2.30 bits per heavy atom. The first kappa shape index (κ1) is 14.0. The molecular formula is C13H17N5O2. The number of benzene rings is 1. The van der Waals surface area contributed by atoms with Crippen LogP contribution in [0.4, 0.5) is 5.69 Å². The van der Waals surface area contributed by atoms with E-state index in [-0.39, 0.29) is 12.5 Å². The Bertz CT molecular complexity index is 582. The molecule has 1 unspecified atom stereocenters. The Labute approximate surface area is 116 Å². The van der Waals surface area contributed by atoms with Gasteiger partial charge in [0.05, 0.1) is 5.69 Å². The van der Waals surface area contributed by atoms with Gasteiger partial charge in [-0.15, -0.1) is 5.10 Å². The third kappa shape index (κ3) is 3.53. The van der Waals surface area contributed by atoms with E-state index in [9.17, 15) is 4.79 Å². The summed E-state index contributed by atoms with van der Waals surface area (Å²) >= 11 is 0. The molecule has 0 fully saturated rings. The van der Waals surface area contributed by atoms with Gasteiger partial charge in [0, 0.05) is 18.2 Å². The normalized spacial score (nSPS) is 12.1. The third-order valence-electron chi connectivity index (χ3n) is 3.03. The largest absolute Gasteiger partial charge is 0.481 e. The maximum absolute atomic E-state index is 10.6. The second kappa shape index (κ2) is 6.14. The standard InChI is InChI=1S/C13H17N5O2/c1-9-3-5-11(18-8-14-16-17-18)7-12(9)15-10(2)4-6-13(19)20/h3,5,7-8,10,15H,4,6H2,1-2H3,(H,19,20). The van der Waals surface area contributed by atoms with E-state index in [2.05, 4.69) is 20.8 Å². The molecule has 106 valence electrons. The smallest absolute Gasteiger partial charge is 0.303 e. The van der Waals surface area contributed by atoms with Crippen LogP contribution in [0.1, 0.15) is 25.3 Å². The molecule has 0 saturated heterocycles. The molecule has 2 N–H and O–H groups in total. The number of aryl methyl sites for hydroxylation is 1. The van der Waals surface area contributed by atoms with E-state index < -0.39 is 5.97 Å². The van der Waals surface area contributed by atoms with Crippen LogP contribution < -0.4 is 5.32 Å². The van der Waals surface area contributed by atoms with Crippen molar-refractivity contribution in [3.63, 3.8) is 0 Å². The fraction of sp³-hybridized carbons (Fsp3) is 0.385. The summed E-state index contributed by atoms with van der Waals surface area (Å²) in [6.45, 7) is 3.96. The van der Waals surface area contributed by atoms with Gasteiger partial charge in [-0.25, -0.2) is 4.68 Å². The van der Waals surface area contributed by atoms with E-state index in [0.29, 0.717) is 6.42 Å². The molecule has 0 aliphatic rings. The van der Waals surface area contributed by atoms with Gasteiger partial charge in [0.15, 0.2) is 0 Å². The van der Waals surface area contributed by atoms with Crippen molar-refractivity contribution >= 4 is 11.7 Å². The predicted octanol–water partition coefficient (Wildman–Crippen LogP) is 1.64. The van der Waals surface area contributed by atoms with Gasteiger partial charge in [-0.05, 0) is 48.4 Å². The number of hydrogen-bond donors (Lipinski definition) is 2. The maximum Gasteiger partial charge on any atom is 0.303 e. The lowest BCUT2D eigenvalue weighted by Gasteiger charge is -2.17. The molecule has 1 heterocycles. The number of aliphatic carboxylic acids is 1. The second-order valence-electron chi connectivity index (χ2n) is 4.73. The Morgan fingerprint density at radius 1 is 1.50 bits per heavy atom. The lowest BCUT2D eigenvalue weighted by molar-refractivity contribution is -0.137. The Kier molecular flexibility index (Phi) is 4.29. The summed E-state index contributed by atoms with van der Waals surface area (Å²) in [7, 11) is 0. The molecule has 2 rings (SSSR count). The SMILES string of the molecule is Cc1ccc(-n2cnnn2)cc1NC(C)CCC(=O)O. The molecule has 1 atom stereocenters. The summed E-state index contributed by atoms with van der Waals surface area (Å²) in [5.74, 6) is -0.780. The predicted molar refractivity (Wildman–Crippen MR) is 73.8 cm³/mol. The number of hydrogen-bond acceptors (Lipinski definition) is 5. The zero-order valence-electron chi connectivity index (χ0n) is 11.4. The average Bonchev–Trinajstić information content (AvgIpc) is 2.93. The summed E-state index contributed by atoms with van der Waals surface area (Å²) in [5.41, 5.74) is 2.90. The van der Waals surface area contributed by atoms with E-state index in [4.69, 9.17) is 5.11 Å². The van der Waals surface area contributed by atoms with Gasteiger partial charge in [-0.1, -0.05) is 6.07 Å². The molecule has 1 aromatic carbocycles. The van der Waals surface area contributed by atoms with Crippen LogP contribution in [0.2, 0.25) is 0 Å². The van der Waals surface area contributed by atoms with Gasteiger partial charge in [0.1, 0.15) is 6.33 Å². The van der Waals surface area contributed by atoms with Crippen LogP contribution >= 0.6 is 0 Å². The van der Waals surface area contributed by atoms with Gasteiger partial charge in [-0.3, -0.25) is 4.79 Å². The summed E-state index contributed by atoms with van der Waals surface area (Å²) in [6, 6.07) is 5.93. The highest BCUT2D eigenvalue weighted by molar-refractivity contribution is 5.66. The number of nitrogens with zero attached hydrogens (tertiary/aromatic N) is 4. The van der Waals surface area contributed by atoms with Crippen LogP contribution in [0.25, 0.3) is 5.69 Å². The quantitative estimate of drug-likeness (QED) is 0.832. The molecule has 7 heteroatoms. The van der Waals surface area contributed by atoms with Crippen molar-refractivity contribution in [1.29, 1.82) is 0 Å². The molecule has 0 amide bonds. The van der Waals surface area contributed by atoms with Crippen molar-refractivity contribution in [2.45, 2.75) is 32.7 Å². The summed E-state index contributed by atoms with van der Waals surface area (Å²) in [6.07, 6.45) is 2.26. The van der Waals surface area contributed by atoms with Gasteiger partial charge in [0.25, 0.3) is 0 Å². The number of tetrazole rings is 1. The third-order valence-corrected chi connectivity index (χ3v) is 3.03. The molecular weight excluding hydrogens is 258 g/mol. The fourth-order valence-electron chi connectivity index (χ4n) is 1.87. The molecule has 20 heavy (non-hydrogen) atoms. The van der Waals surface area contributed by atoms with Crippen molar-refractivity contribution in [2.24, 2.45) is 0 Å². The zero-order chi connectivity index (χ0) is 14.5. The van der Waals surface area contributed by atoms with Crippen LogP contribution in [0, 0.1) is 6.92 Å². The monoisotopic (exact) mass is 275 g/mol. The number of anilines is 1. The second-order valence-corrected chi connectivity index (χ2v) is 4.73. The first-order valence-corrected chi connectivity index (χ1v) is 6.38. The van der Waals surface area contributed by atoms with Crippen LogP contribution in [-0.4, -0.2) is 37.3 Å². The fourth-order valence-corrected chi connectivity index (χ4v) is 1.87. The van der Waals surface area contributed by atoms with Crippen LogP contribution in [0.3, 0.4) is 0 Å². The Morgan fingerprint density at radius 3 is 2.95 bits per heavy atom. The lowest BCUT2D eigenvalue weighted by atomic mass is 10.1. The van der Waals surface area contributed by atoms with E-state index in [1.165, 1.54) is 6.33 Å². The molecule has 0 saturated carbocycles. The highest BCUT2D eigenvalue weighted by atomic mass is 16.4. The van der Waals surface area contributed by atoms with Crippen molar-refractivity contribution in [3.05, 3.63) is 30.1 Å². The van der Waals surface area contributed by atoms with Crippen molar-refractivity contribution in [3.8, 4) is 5.69 Å². The highest BCUT2D eigenvalue weighted by Crippen LogP contribution is 2.20. The summed E-state index contributed by atoms with van der Waals surface area (Å²) in [5, 5.41) is 23.1. The highest BCUT2D eigenvalue weighted by Gasteiger charge is 2.08. The van der Waals surface area contributed by atoms with Gasteiger partial charge >= 0.3 is 5.97 Å². The Balaban J connectivity index is 2.11. The van der Waals surface area contributed by atoms with Gasteiger partial charge < -0.3 is 10.4 Å². The van der Waals surface area contributed by atoms with Crippen molar-refractivity contribution in [1.82, 2.24) is 20.2 Å². The van der Waals surface area contributed by atoms with E-state index in [1.54, 1.807) is 4.68 Å². The van der Waals surface area contributed by atoms with Crippen molar-refractivity contribution in [2.75, 3.05) is 5.32 Å². The number of aromatic nitrogens is 4. The van der Waals surface area contributed by atoms with Crippen LogP contribution in [0.5, 0.6) is 0 Å². The molecule has 0 radical (unpaired) electrons. The van der Waals surface area contributed by atoms with E-state index in [1.807, 2.05) is 32.0 Å². The Hall–Kier alpha value is -2.44. The minimum Gasteiger partial charge on any atom is -0.481 e. The topological polar surface area (TPSA) is 92.9 Å². The first-order valence-electron chi connectivity index (χ1n) is 6.38. The number of carbonyl (C=O) groups is 1. The molecule has 0 bridgehead atoms. The molecule has 0 aliphatic heterocycles. The molecule has 0 aliphatic carbocycles. The van der Waals surface area contributed by atoms with Crippen molar-refractivity contribution < 1.29 is 9.90 Å². The zero-order valence-corrected chi connectivity index (χ0v) is 11.4. The maximum atomic E-state index is 10.6. The molecule has 1 aromatic heterocycles. The number of carboxylic acid groups (broad SMARTS) is 1. The minimum atomic E-state index is -0.780. The summed E-state index contributed by atoms with van der Waals surface area (Å²) < 4.78 is 1.58. The van der Waals surface area contributed by atoms with Crippen LogP contribution in [0.15, 0.2) is 24.5 Å². The van der Waals surface area contributed by atoms with E-state index in [0.717, 1.165) is 16.9 Å². The number of nitrogens with one attached hydrogen (secondary N) is 1. The number of rotatable bonds is 6. The van der Waals surface area contributed by atoms with Gasteiger partial charge in [-0.2, -0.15) is 0 Å². The molecule has 0 spiro atoms.